The van der Waals surface area contributed by atoms with E-state index in [0.717, 1.165) is 19.3 Å². The minimum absolute atomic E-state index is 0.113. The maximum absolute atomic E-state index is 13.7. The molecule has 1 amide bonds. The average Bonchev–Trinajstić information content (AvgIpc) is 2.87. The first-order valence-electron chi connectivity index (χ1n) is 7.65. The standard InChI is InChI=1S/C17H23BrFNO/c1-12(2)10-17(7-3-4-8-17)11-20-16(21)14-9-13(18)5-6-15(14)19/h5-6,9,12H,3-4,7-8,10-11H2,1-2H3,(H,20,21). The van der Waals surface area contributed by atoms with Gasteiger partial charge in [-0.15, -0.1) is 0 Å². The summed E-state index contributed by atoms with van der Waals surface area (Å²) in [5.74, 6) is -0.175. The average molecular weight is 356 g/mol. The van der Waals surface area contributed by atoms with Crippen LogP contribution in [0.4, 0.5) is 4.39 Å². The van der Waals surface area contributed by atoms with Gasteiger partial charge in [-0.05, 0) is 48.8 Å². The van der Waals surface area contributed by atoms with Gasteiger partial charge >= 0.3 is 0 Å². The fourth-order valence-electron chi connectivity index (χ4n) is 3.48. The third-order valence-electron chi connectivity index (χ3n) is 4.30. The van der Waals surface area contributed by atoms with Crippen LogP contribution in [0, 0.1) is 17.2 Å². The summed E-state index contributed by atoms with van der Waals surface area (Å²) in [6.45, 7) is 5.09. The molecule has 0 radical (unpaired) electrons. The van der Waals surface area contributed by atoms with E-state index in [1.54, 1.807) is 6.07 Å². The second kappa shape index (κ2) is 6.91. The first kappa shape index (κ1) is 16.5. The number of hydrogen-bond acceptors (Lipinski definition) is 1. The Labute approximate surface area is 134 Å². The number of carbonyl (C=O) groups excluding carboxylic acids is 1. The highest BCUT2D eigenvalue weighted by Gasteiger charge is 2.34. The lowest BCUT2D eigenvalue weighted by molar-refractivity contribution is 0.0917. The lowest BCUT2D eigenvalue weighted by Gasteiger charge is -2.31. The Morgan fingerprint density at radius 2 is 2.05 bits per heavy atom. The van der Waals surface area contributed by atoms with Crippen molar-refractivity contribution in [2.24, 2.45) is 11.3 Å². The van der Waals surface area contributed by atoms with E-state index in [0.29, 0.717) is 16.9 Å². The topological polar surface area (TPSA) is 29.1 Å². The van der Waals surface area contributed by atoms with Crippen molar-refractivity contribution in [3.63, 3.8) is 0 Å². The summed E-state index contributed by atoms with van der Waals surface area (Å²) in [4.78, 5) is 12.2. The molecule has 2 rings (SSSR count). The van der Waals surface area contributed by atoms with Crippen molar-refractivity contribution in [3.05, 3.63) is 34.1 Å². The largest absolute Gasteiger partial charge is 0.351 e. The van der Waals surface area contributed by atoms with Gasteiger partial charge in [-0.2, -0.15) is 0 Å². The van der Waals surface area contributed by atoms with Gasteiger partial charge in [0.05, 0.1) is 5.56 Å². The van der Waals surface area contributed by atoms with Crippen LogP contribution in [0.3, 0.4) is 0 Å². The molecule has 1 aliphatic carbocycles. The molecule has 0 saturated heterocycles. The molecule has 0 aromatic heterocycles. The summed E-state index contributed by atoms with van der Waals surface area (Å²) in [5, 5.41) is 2.96. The van der Waals surface area contributed by atoms with Crippen LogP contribution in [0.5, 0.6) is 0 Å². The molecular weight excluding hydrogens is 333 g/mol. The summed E-state index contributed by atoms with van der Waals surface area (Å²) in [5.41, 5.74) is 0.314. The van der Waals surface area contributed by atoms with E-state index in [4.69, 9.17) is 0 Å². The zero-order valence-corrected chi connectivity index (χ0v) is 14.3. The molecule has 1 saturated carbocycles. The maximum atomic E-state index is 13.7. The van der Waals surface area contributed by atoms with Crippen molar-refractivity contribution in [1.82, 2.24) is 5.32 Å². The molecule has 0 bridgehead atoms. The first-order chi connectivity index (χ1) is 9.92. The second-order valence-corrected chi connectivity index (χ2v) is 7.53. The van der Waals surface area contributed by atoms with Crippen LogP contribution in [-0.4, -0.2) is 12.5 Å². The summed E-state index contributed by atoms with van der Waals surface area (Å²) >= 11 is 3.28. The summed E-state index contributed by atoms with van der Waals surface area (Å²) < 4.78 is 14.5. The van der Waals surface area contributed by atoms with E-state index in [2.05, 4.69) is 35.1 Å². The fraction of sp³-hybridized carbons (Fsp3) is 0.588. The predicted octanol–water partition coefficient (Wildman–Crippen LogP) is 4.92. The number of rotatable bonds is 5. The number of nitrogens with one attached hydrogen (secondary N) is 1. The van der Waals surface area contributed by atoms with Crippen LogP contribution in [0.1, 0.15) is 56.3 Å². The van der Waals surface area contributed by atoms with Gasteiger partial charge < -0.3 is 5.32 Å². The molecule has 0 atom stereocenters. The van der Waals surface area contributed by atoms with Gasteiger partial charge in [-0.3, -0.25) is 4.79 Å². The fourth-order valence-corrected chi connectivity index (χ4v) is 3.84. The number of carbonyl (C=O) groups is 1. The smallest absolute Gasteiger partial charge is 0.254 e. The first-order valence-corrected chi connectivity index (χ1v) is 8.44. The molecular formula is C17H23BrFNO. The van der Waals surface area contributed by atoms with Gasteiger partial charge in [0.15, 0.2) is 0 Å². The van der Waals surface area contributed by atoms with Crippen LogP contribution in [-0.2, 0) is 0 Å². The Hall–Kier alpha value is -0.900. The van der Waals surface area contributed by atoms with E-state index in [-0.39, 0.29) is 16.9 Å². The molecule has 1 aromatic rings. The second-order valence-electron chi connectivity index (χ2n) is 6.61. The Kier molecular flexibility index (Phi) is 5.42. The van der Waals surface area contributed by atoms with Crippen molar-refractivity contribution < 1.29 is 9.18 Å². The SMILES string of the molecule is CC(C)CC1(CNC(=O)c2cc(Br)ccc2F)CCCC1. The normalized spacial score (nSPS) is 17.2. The number of hydrogen-bond donors (Lipinski definition) is 1. The van der Waals surface area contributed by atoms with Crippen LogP contribution in [0.25, 0.3) is 0 Å². The molecule has 4 heteroatoms. The van der Waals surface area contributed by atoms with Crippen molar-refractivity contribution in [2.45, 2.75) is 46.0 Å². The molecule has 0 spiro atoms. The lowest BCUT2D eigenvalue weighted by Crippen LogP contribution is -2.37. The van der Waals surface area contributed by atoms with Gasteiger partial charge in [-0.1, -0.05) is 42.6 Å². The minimum Gasteiger partial charge on any atom is -0.351 e. The molecule has 0 unspecified atom stereocenters. The van der Waals surface area contributed by atoms with E-state index in [1.807, 2.05) is 0 Å². The summed E-state index contributed by atoms with van der Waals surface area (Å²) in [6, 6.07) is 4.45. The van der Waals surface area contributed by atoms with E-state index < -0.39 is 5.82 Å². The highest BCUT2D eigenvalue weighted by molar-refractivity contribution is 9.10. The third kappa shape index (κ3) is 4.29. The maximum Gasteiger partial charge on any atom is 0.254 e. The molecule has 116 valence electrons. The zero-order valence-electron chi connectivity index (χ0n) is 12.7. The van der Waals surface area contributed by atoms with Gasteiger partial charge in [-0.25, -0.2) is 4.39 Å². The van der Waals surface area contributed by atoms with Crippen LogP contribution >= 0.6 is 15.9 Å². The number of benzene rings is 1. The molecule has 0 heterocycles. The van der Waals surface area contributed by atoms with E-state index in [1.165, 1.54) is 25.0 Å². The Bertz CT molecular complexity index is 510. The van der Waals surface area contributed by atoms with Crippen LogP contribution in [0.2, 0.25) is 0 Å². The zero-order chi connectivity index (χ0) is 15.5. The molecule has 1 fully saturated rings. The Morgan fingerprint density at radius 1 is 1.38 bits per heavy atom. The van der Waals surface area contributed by atoms with E-state index in [9.17, 15) is 9.18 Å². The van der Waals surface area contributed by atoms with Crippen LogP contribution in [0.15, 0.2) is 22.7 Å². The summed E-state index contributed by atoms with van der Waals surface area (Å²) in [6.07, 6.45) is 5.90. The van der Waals surface area contributed by atoms with Gasteiger partial charge in [0, 0.05) is 11.0 Å². The van der Waals surface area contributed by atoms with Gasteiger partial charge in [0.25, 0.3) is 5.91 Å². The van der Waals surface area contributed by atoms with Crippen LogP contribution < -0.4 is 5.32 Å². The molecule has 21 heavy (non-hydrogen) atoms. The number of halogens is 2. The summed E-state index contributed by atoms with van der Waals surface area (Å²) in [7, 11) is 0. The Balaban J connectivity index is 2.03. The monoisotopic (exact) mass is 355 g/mol. The molecule has 1 aromatic carbocycles. The minimum atomic E-state index is -0.472. The van der Waals surface area contributed by atoms with Crippen molar-refractivity contribution in [1.29, 1.82) is 0 Å². The van der Waals surface area contributed by atoms with E-state index >= 15 is 0 Å². The quantitative estimate of drug-likeness (QED) is 0.797. The van der Waals surface area contributed by atoms with Crippen molar-refractivity contribution in [3.8, 4) is 0 Å². The Morgan fingerprint density at radius 3 is 2.67 bits per heavy atom. The highest BCUT2D eigenvalue weighted by Crippen LogP contribution is 2.42. The van der Waals surface area contributed by atoms with Gasteiger partial charge in [0.1, 0.15) is 5.82 Å². The van der Waals surface area contributed by atoms with Crippen molar-refractivity contribution >= 4 is 21.8 Å². The third-order valence-corrected chi connectivity index (χ3v) is 4.80. The lowest BCUT2D eigenvalue weighted by atomic mass is 9.78. The molecule has 1 aliphatic rings. The highest BCUT2D eigenvalue weighted by atomic mass is 79.9. The predicted molar refractivity (Wildman–Crippen MR) is 86.8 cm³/mol. The molecule has 1 N–H and O–H groups in total. The molecule has 2 nitrogen and oxygen atoms in total. The number of amides is 1. The molecule has 0 aliphatic heterocycles. The van der Waals surface area contributed by atoms with Gasteiger partial charge in [0.2, 0.25) is 0 Å². The van der Waals surface area contributed by atoms with Crippen molar-refractivity contribution in [2.75, 3.05) is 6.54 Å².